The SMILES string of the molecule is C=C(CC)CCC(=O)OCC. The van der Waals surface area contributed by atoms with Gasteiger partial charge in [0.1, 0.15) is 0 Å². The fourth-order valence-corrected chi connectivity index (χ4v) is 0.689. The third-order valence-electron chi connectivity index (χ3n) is 1.49. The van der Waals surface area contributed by atoms with Crippen LogP contribution in [0.2, 0.25) is 0 Å². The molecule has 64 valence electrons. The van der Waals surface area contributed by atoms with E-state index in [2.05, 4.69) is 6.58 Å². The van der Waals surface area contributed by atoms with E-state index in [-0.39, 0.29) is 5.97 Å². The number of rotatable bonds is 5. The third-order valence-corrected chi connectivity index (χ3v) is 1.49. The summed E-state index contributed by atoms with van der Waals surface area (Å²) >= 11 is 0. The van der Waals surface area contributed by atoms with Gasteiger partial charge >= 0.3 is 5.97 Å². The smallest absolute Gasteiger partial charge is 0.306 e. The molecule has 0 aromatic rings. The van der Waals surface area contributed by atoms with Crippen LogP contribution >= 0.6 is 0 Å². The summed E-state index contributed by atoms with van der Waals surface area (Å²) in [7, 11) is 0. The highest BCUT2D eigenvalue weighted by Gasteiger charge is 2.01. The highest BCUT2D eigenvalue weighted by molar-refractivity contribution is 5.69. The first-order chi connectivity index (χ1) is 5.20. The van der Waals surface area contributed by atoms with Gasteiger partial charge in [-0.3, -0.25) is 4.79 Å². The van der Waals surface area contributed by atoms with Crippen molar-refractivity contribution >= 4 is 5.97 Å². The van der Waals surface area contributed by atoms with Crippen LogP contribution in [0.1, 0.15) is 33.1 Å². The predicted octanol–water partition coefficient (Wildman–Crippen LogP) is 2.30. The van der Waals surface area contributed by atoms with E-state index in [0.29, 0.717) is 13.0 Å². The van der Waals surface area contributed by atoms with Gasteiger partial charge in [-0.25, -0.2) is 0 Å². The van der Waals surface area contributed by atoms with Gasteiger partial charge in [0.2, 0.25) is 0 Å². The molecule has 0 aliphatic carbocycles. The summed E-state index contributed by atoms with van der Waals surface area (Å²) in [6.45, 7) is 8.11. The molecule has 0 unspecified atom stereocenters. The second kappa shape index (κ2) is 5.96. The Labute approximate surface area is 68.2 Å². The van der Waals surface area contributed by atoms with Crippen molar-refractivity contribution in [3.63, 3.8) is 0 Å². The van der Waals surface area contributed by atoms with Gasteiger partial charge in [0.15, 0.2) is 0 Å². The Morgan fingerprint density at radius 3 is 2.45 bits per heavy atom. The minimum Gasteiger partial charge on any atom is -0.466 e. The van der Waals surface area contributed by atoms with Crippen molar-refractivity contribution in [1.82, 2.24) is 0 Å². The molecule has 0 bridgehead atoms. The lowest BCUT2D eigenvalue weighted by Gasteiger charge is -2.01. The lowest BCUT2D eigenvalue weighted by Crippen LogP contribution is -2.03. The van der Waals surface area contributed by atoms with Gasteiger partial charge in [-0.1, -0.05) is 19.1 Å². The van der Waals surface area contributed by atoms with Crippen LogP contribution in [-0.2, 0) is 9.53 Å². The molecule has 0 fully saturated rings. The molecule has 0 rings (SSSR count). The molecule has 0 amide bonds. The molecule has 0 saturated heterocycles. The maximum absolute atomic E-state index is 10.8. The monoisotopic (exact) mass is 156 g/mol. The molecule has 0 N–H and O–H groups in total. The number of allylic oxidation sites excluding steroid dienone is 1. The lowest BCUT2D eigenvalue weighted by molar-refractivity contribution is -0.143. The van der Waals surface area contributed by atoms with E-state index in [9.17, 15) is 4.79 Å². The Balaban J connectivity index is 3.38. The van der Waals surface area contributed by atoms with Crippen molar-refractivity contribution in [3.8, 4) is 0 Å². The van der Waals surface area contributed by atoms with Crippen LogP contribution < -0.4 is 0 Å². The van der Waals surface area contributed by atoms with Crippen LogP contribution in [0, 0.1) is 0 Å². The van der Waals surface area contributed by atoms with Gasteiger partial charge in [-0.05, 0) is 19.8 Å². The van der Waals surface area contributed by atoms with E-state index >= 15 is 0 Å². The summed E-state index contributed by atoms with van der Waals surface area (Å²) in [5.41, 5.74) is 1.11. The first kappa shape index (κ1) is 10.2. The standard InChI is InChI=1S/C9H16O2/c1-4-8(3)6-7-9(10)11-5-2/h3-7H2,1-2H3. The molecule has 0 aromatic heterocycles. The summed E-state index contributed by atoms with van der Waals surface area (Å²) in [5, 5.41) is 0. The molecule has 0 aromatic carbocycles. The molecule has 2 heteroatoms. The van der Waals surface area contributed by atoms with Gasteiger partial charge in [0.25, 0.3) is 0 Å². The molecule has 2 nitrogen and oxygen atoms in total. The topological polar surface area (TPSA) is 26.3 Å². The summed E-state index contributed by atoms with van der Waals surface area (Å²) < 4.78 is 4.76. The molecule has 0 spiro atoms. The van der Waals surface area contributed by atoms with Crippen molar-refractivity contribution in [3.05, 3.63) is 12.2 Å². The van der Waals surface area contributed by atoms with E-state index in [4.69, 9.17) is 4.74 Å². The maximum Gasteiger partial charge on any atom is 0.306 e. The predicted molar refractivity (Wildman–Crippen MR) is 45.3 cm³/mol. The summed E-state index contributed by atoms with van der Waals surface area (Å²) in [4.78, 5) is 10.8. The molecule has 0 radical (unpaired) electrons. The van der Waals surface area contributed by atoms with E-state index in [1.165, 1.54) is 0 Å². The van der Waals surface area contributed by atoms with Gasteiger partial charge in [0, 0.05) is 6.42 Å². The Kier molecular flexibility index (Phi) is 5.53. The lowest BCUT2D eigenvalue weighted by atomic mass is 10.1. The Morgan fingerprint density at radius 1 is 1.36 bits per heavy atom. The maximum atomic E-state index is 10.8. The van der Waals surface area contributed by atoms with Crippen LogP contribution in [0.25, 0.3) is 0 Å². The van der Waals surface area contributed by atoms with Gasteiger partial charge in [-0.15, -0.1) is 0 Å². The average Bonchev–Trinajstić information content (AvgIpc) is 2.01. The quantitative estimate of drug-likeness (QED) is 0.451. The second-order valence-electron chi connectivity index (χ2n) is 2.41. The Bertz CT molecular complexity index is 138. The number of carbonyl (C=O) groups is 1. The Hall–Kier alpha value is -0.790. The van der Waals surface area contributed by atoms with Crippen molar-refractivity contribution in [2.45, 2.75) is 33.1 Å². The molecule has 0 heterocycles. The normalized spacial score (nSPS) is 9.27. The summed E-state index contributed by atoms with van der Waals surface area (Å²) in [5.74, 6) is -0.123. The molecule has 0 saturated carbocycles. The minimum atomic E-state index is -0.123. The zero-order valence-electron chi connectivity index (χ0n) is 7.35. The average molecular weight is 156 g/mol. The van der Waals surface area contributed by atoms with Crippen LogP contribution in [-0.4, -0.2) is 12.6 Å². The summed E-state index contributed by atoms with van der Waals surface area (Å²) in [6.07, 6.45) is 2.18. The van der Waals surface area contributed by atoms with Crippen molar-refractivity contribution < 1.29 is 9.53 Å². The van der Waals surface area contributed by atoms with Crippen molar-refractivity contribution in [2.75, 3.05) is 6.61 Å². The van der Waals surface area contributed by atoms with Crippen LogP contribution in [0.15, 0.2) is 12.2 Å². The number of ether oxygens (including phenoxy) is 1. The van der Waals surface area contributed by atoms with E-state index in [1.807, 2.05) is 13.8 Å². The molecule has 0 aliphatic heterocycles. The zero-order valence-corrected chi connectivity index (χ0v) is 7.35. The third kappa shape index (κ3) is 5.64. The first-order valence-electron chi connectivity index (χ1n) is 4.03. The highest BCUT2D eigenvalue weighted by atomic mass is 16.5. The zero-order chi connectivity index (χ0) is 8.69. The number of esters is 1. The van der Waals surface area contributed by atoms with Gasteiger partial charge < -0.3 is 4.74 Å². The fourth-order valence-electron chi connectivity index (χ4n) is 0.689. The highest BCUT2D eigenvalue weighted by Crippen LogP contribution is 2.06. The van der Waals surface area contributed by atoms with Gasteiger partial charge in [0.05, 0.1) is 6.61 Å². The van der Waals surface area contributed by atoms with E-state index < -0.39 is 0 Å². The number of hydrogen-bond donors (Lipinski definition) is 0. The number of hydrogen-bond acceptors (Lipinski definition) is 2. The summed E-state index contributed by atoms with van der Waals surface area (Å²) in [6, 6.07) is 0. The number of carbonyl (C=O) groups excluding carboxylic acids is 1. The minimum absolute atomic E-state index is 0.123. The molecule has 0 aliphatic rings. The molecular weight excluding hydrogens is 140 g/mol. The van der Waals surface area contributed by atoms with Gasteiger partial charge in [-0.2, -0.15) is 0 Å². The second-order valence-corrected chi connectivity index (χ2v) is 2.41. The van der Waals surface area contributed by atoms with E-state index in [0.717, 1.165) is 18.4 Å². The Morgan fingerprint density at radius 2 is 2.00 bits per heavy atom. The molecular formula is C9H16O2. The van der Waals surface area contributed by atoms with Crippen LogP contribution in [0.4, 0.5) is 0 Å². The largest absolute Gasteiger partial charge is 0.466 e. The van der Waals surface area contributed by atoms with E-state index in [1.54, 1.807) is 0 Å². The molecule has 11 heavy (non-hydrogen) atoms. The van der Waals surface area contributed by atoms with Crippen molar-refractivity contribution in [2.24, 2.45) is 0 Å². The fraction of sp³-hybridized carbons (Fsp3) is 0.667. The van der Waals surface area contributed by atoms with Crippen LogP contribution in [0.3, 0.4) is 0 Å². The van der Waals surface area contributed by atoms with Crippen LogP contribution in [0.5, 0.6) is 0 Å². The van der Waals surface area contributed by atoms with Crippen molar-refractivity contribution in [1.29, 1.82) is 0 Å². The molecule has 0 atom stereocenters. The first-order valence-corrected chi connectivity index (χ1v) is 4.03.